The maximum absolute atomic E-state index is 14.5. The van der Waals surface area contributed by atoms with Crippen molar-refractivity contribution in [2.45, 2.75) is 51.6 Å². The summed E-state index contributed by atoms with van der Waals surface area (Å²) in [7, 11) is -4.19. The molecule has 7 nitrogen and oxygen atoms in total. The maximum Gasteiger partial charge on any atom is 0.264 e. The van der Waals surface area contributed by atoms with Crippen LogP contribution in [0.3, 0.4) is 0 Å². The molecule has 0 fully saturated rings. The lowest BCUT2D eigenvalue weighted by atomic mass is 10.0. The minimum atomic E-state index is -4.19. The summed E-state index contributed by atoms with van der Waals surface area (Å²) in [5, 5.41) is 3.61. The number of anilines is 1. The fourth-order valence-corrected chi connectivity index (χ4v) is 6.80. The van der Waals surface area contributed by atoms with Crippen LogP contribution in [0, 0.1) is 20.8 Å². The summed E-state index contributed by atoms with van der Waals surface area (Å²) < 4.78 is 29.5. The third kappa shape index (κ3) is 8.45. The summed E-state index contributed by atoms with van der Waals surface area (Å²) in [5.41, 5.74) is 4.51. The van der Waals surface area contributed by atoms with Crippen LogP contribution in [0.4, 0.5) is 5.69 Å². The highest BCUT2D eigenvalue weighted by Gasteiger charge is 2.35. The van der Waals surface area contributed by atoms with E-state index in [0.717, 1.165) is 26.6 Å². The molecule has 0 aliphatic carbocycles. The third-order valence-electron chi connectivity index (χ3n) is 7.64. The number of carbonyl (C=O) groups excluding carboxylic acids is 2. The third-order valence-corrected chi connectivity index (χ3v) is 10.0. The van der Waals surface area contributed by atoms with E-state index in [9.17, 15) is 18.0 Å². The quantitative estimate of drug-likeness (QED) is 0.179. The lowest BCUT2D eigenvalue weighted by molar-refractivity contribution is -0.140. The van der Waals surface area contributed by atoms with Crippen molar-refractivity contribution < 1.29 is 18.0 Å². The Morgan fingerprint density at radius 1 is 0.844 bits per heavy atom. The van der Waals surface area contributed by atoms with Crippen LogP contribution in [0.25, 0.3) is 0 Å². The lowest BCUT2D eigenvalue weighted by Crippen LogP contribution is -2.53. The molecule has 0 saturated heterocycles. The number of benzene rings is 4. The predicted octanol–water partition coefficient (Wildman–Crippen LogP) is 6.89. The van der Waals surface area contributed by atoms with Gasteiger partial charge in [0.05, 0.1) is 10.6 Å². The van der Waals surface area contributed by atoms with E-state index in [-0.39, 0.29) is 23.8 Å². The van der Waals surface area contributed by atoms with E-state index in [1.165, 1.54) is 17.0 Å². The normalized spacial score (nSPS) is 12.0. The Bertz CT molecular complexity index is 1760. The number of halogens is 2. The molecule has 236 valence electrons. The number of nitrogens with one attached hydrogen (secondary N) is 1. The first-order valence-electron chi connectivity index (χ1n) is 14.6. The van der Waals surface area contributed by atoms with Crippen LogP contribution in [0.2, 0.25) is 10.0 Å². The summed E-state index contributed by atoms with van der Waals surface area (Å²) in [6.07, 6.45) is 0.206. The fourth-order valence-electron chi connectivity index (χ4n) is 4.93. The lowest BCUT2D eigenvalue weighted by Gasteiger charge is -2.34. The number of carbonyl (C=O) groups is 2. The van der Waals surface area contributed by atoms with Gasteiger partial charge in [-0.05, 0) is 86.3 Å². The molecule has 1 N–H and O–H groups in total. The van der Waals surface area contributed by atoms with E-state index in [2.05, 4.69) is 5.32 Å². The molecule has 0 aromatic heterocycles. The number of likely N-dealkylation sites (N-methyl/N-ethyl adjacent to an activating group) is 1. The topological polar surface area (TPSA) is 86.8 Å². The monoisotopic (exact) mass is 665 g/mol. The van der Waals surface area contributed by atoms with Crippen LogP contribution >= 0.6 is 23.2 Å². The first-order chi connectivity index (χ1) is 21.4. The van der Waals surface area contributed by atoms with E-state index in [1.807, 2.05) is 57.2 Å². The van der Waals surface area contributed by atoms with Crippen LogP contribution in [0.1, 0.15) is 34.7 Å². The van der Waals surface area contributed by atoms with Gasteiger partial charge in [-0.3, -0.25) is 13.9 Å². The Morgan fingerprint density at radius 3 is 2.16 bits per heavy atom. The summed E-state index contributed by atoms with van der Waals surface area (Å²) in [6.45, 7) is 7.25. The Balaban J connectivity index is 1.83. The van der Waals surface area contributed by atoms with Crippen LogP contribution in [-0.2, 0) is 32.6 Å². The SMILES string of the molecule is CCNC(=O)[C@H](Cc1ccccc1)N(Cc1ccc(Cl)cc1Cl)C(=O)CN(c1ccc(C)c(C)c1)S(=O)(=O)c1ccc(C)cc1. The first kappa shape index (κ1) is 34.0. The molecule has 10 heteroatoms. The fraction of sp³-hybridized carbons (Fsp3) is 0.257. The Morgan fingerprint density at radius 2 is 1.53 bits per heavy atom. The van der Waals surface area contributed by atoms with Gasteiger partial charge in [0.2, 0.25) is 11.8 Å². The second-order valence-corrected chi connectivity index (χ2v) is 13.7. The van der Waals surface area contributed by atoms with Crippen molar-refractivity contribution in [1.29, 1.82) is 0 Å². The summed E-state index contributed by atoms with van der Waals surface area (Å²) in [5.74, 6) is -0.930. The second-order valence-electron chi connectivity index (χ2n) is 11.0. The smallest absolute Gasteiger partial charge is 0.264 e. The molecule has 45 heavy (non-hydrogen) atoms. The molecule has 4 aromatic rings. The molecular weight excluding hydrogens is 629 g/mol. The van der Waals surface area contributed by atoms with Crippen LogP contribution in [0.5, 0.6) is 0 Å². The molecule has 0 aliphatic heterocycles. The molecule has 4 rings (SSSR count). The number of nitrogens with zero attached hydrogens (tertiary/aromatic N) is 2. The van der Waals surface area contributed by atoms with Gasteiger partial charge in [0.1, 0.15) is 12.6 Å². The first-order valence-corrected chi connectivity index (χ1v) is 16.8. The van der Waals surface area contributed by atoms with E-state index >= 15 is 0 Å². The van der Waals surface area contributed by atoms with Crippen molar-refractivity contribution in [2.75, 3.05) is 17.4 Å². The van der Waals surface area contributed by atoms with E-state index in [0.29, 0.717) is 27.8 Å². The molecule has 0 bridgehead atoms. The van der Waals surface area contributed by atoms with Gasteiger partial charge in [0.25, 0.3) is 10.0 Å². The predicted molar refractivity (Wildman–Crippen MR) is 181 cm³/mol. The standard InChI is InChI=1S/C35H37Cl2N3O4S/c1-5-38-35(42)33(20-27-9-7-6-8-10-27)39(22-28-14-15-29(36)21-32(28)37)34(41)23-40(30-16-13-25(3)26(4)19-30)45(43,44)31-17-11-24(2)12-18-31/h6-19,21,33H,5,20,22-23H2,1-4H3,(H,38,42)/t33-/m0/s1. The average Bonchev–Trinajstić information content (AvgIpc) is 3.00. The molecule has 1 atom stereocenters. The second kappa shape index (κ2) is 15.0. The maximum atomic E-state index is 14.5. The molecule has 4 aromatic carbocycles. The highest BCUT2D eigenvalue weighted by atomic mass is 35.5. The largest absolute Gasteiger partial charge is 0.355 e. The molecule has 0 spiro atoms. The molecule has 0 heterocycles. The van der Waals surface area contributed by atoms with Crippen molar-refractivity contribution in [2.24, 2.45) is 0 Å². The number of hydrogen-bond acceptors (Lipinski definition) is 4. The zero-order valence-corrected chi connectivity index (χ0v) is 28.1. The summed E-state index contributed by atoms with van der Waals surface area (Å²) in [4.78, 5) is 29.6. The van der Waals surface area contributed by atoms with Gasteiger partial charge in [-0.1, -0.05) is 83.4 Å². The van der Waals surface area contributed by atoms with Crippen molar-refractivity contribution in [3.63, 3.8) is 0 Å². The van der Waals surface area contributed by atoms with Gasteiger partial charge >= 0.3 is 0 Å². The summed E-state index contributed by atoms with van der Waals surface area (Å²) in [6, 6.07) is 25.1. The van der Waals surface area contributed by atoms with Gasteiger partial charge in [-0.2, -0.15) is 0 Å². The zero-order chi connectivity index (χ0) is 32.7. The van der Waals surface area contributed by atoms with Crippen molar-refractivity contribution in [3.05, 3.63) is 129 Å². The molecule has 2 amide bonds. The number of amides is 2. The van der Waals surface area contributed by atoms with E-state index < -0.39 is 28.5 Å². The van der Waals surface area contributed by atoms with Crippen molar-refractivity contribution in [3.8, 4) is 0 Å². The van der Waals surface area contributed by atoms with E-state index in [4.69, 9.17) is 23.2 Å². The molecular formula is C35H37Cl2N3O4S. The van der Waals surface area contributed by atoms with Crippen molar-refractivity contribution in [1.82, 2.24) is 10.2 Å². The number of aryl methyl sites for hydroxylation is 3. The summed E-state index contributed by atoms with van der Waals surface area (Å²) >= 11 is 12.7. The molecule has 0 aliphatic rings. The minimum Gasteiger partial charge on any atom is -0.355 e. The Kier molecular flexibility index (Phi) is 11.3. The van der Waals surface area contributed by atoms with E-state index in [1.54, 1.807) is 49.4 Å². The Labute approximate surface area is 275 Å². The zero-order valence-electron chi connectivity index (χ0n) is 25.8. The van der Waals surface area contributed by atoms with Crippen LogP contribution in [0.15, 0.2) is 95.9 Å². The van der Waals surface area contributed by atoms with Crippen LogP contribution in [-0.4, -0.2) is 44.3 Å². The van der Waals surface area contributed by atoms with Gasteiger partial charge in [-0.15, -0.1) is 0 Å². The highest BCUT2D eigenvalue weighted by Crippen LogP contribution is 2.28. The number of rotatable bonds is 12. The molecule has 0 unspecified atom stereocenters. The Hall–Kier alpha value is -3.85. The van der Waals surface area contributed by atoms with Gasteiger partial charge < -0.3 is 10.2 Å². The highest BCUT2D eigenvalue weighted by molar-refractivity contribution is 7.92. The molecule has 0 radical (unpaired) electrons. The minimum absolute atomic E-state index is 0.0468. The van der Waals surface area contributed by atoms with Gasteiger partial charge in [0.15, 0.2) is 0 Å². The van der Waals surface area contributed by atoms with Crippen LogP contribution < -0.4 is 9.62 Å². The van der Waals surface area contributed by atoms with Gasteiger partial charge in [-0.25, -0.2) is 8.42 Å². The van der Waals surface area contributed by atoms with Gasteiger partial charge in [0, 0.05) is 29.6 Å². The molecule has 0 saturated carbocycles. The van der Waals surface area contributed by atoms with Crippen molar-refractivity contribution >= 4 is 50.7 Å². The number of hydrogen-bond donors (Lipinski definition) is 1. The average molecular weight is 667 g/mol. The number of sulfonamides is 1.